The standard InChI is InChI=1S/C23H21ClN4O2S/c1-27(2)20-5-3-4-17(14-20)23-15-22(16-6-8-18(24)9-7-16)26-28(23)19-10-12-21(13-11-19)31(25,29)30/h3-15H,1-2H3,(H2,25,29,30). The van der Waals surface area contributed by atoms with Gasteiger partial charge in [-0.3, -0.25) is 0 Å². The zero-order chi connectivity index (χ0) is 22.2. The first-order valence-electron chi connectivity index (χ1n) is 9.49. The van der Waals surface area contributed by atoms with E-state index in [-0.39, 0.29) is 4.90 Å². The summed E-state index contributed by atoms with van der Waals surface area (Å²) in [7, 11) is 0.207. The van der Waals surface area contributed by atoms with Gasteiger partial charge in [0.05, 0.1) is 22.0 Å². The lowest BCUT2D eigenvalue weighted by molar-refractivity contribution is 0.598. The van der Waals surface area contributed by atoms with Gasteiger partial charge in [0.25, 0.3) is 0 Å². The summed E-state index contributed by atoms with van der Waals surface area (Å²) in [5, 5.41) is 10.7. The number of aromatic nitrogens is 2. The summed E-state index contributed by atoms with van der Waals surface area (Å²) in [6, 6.07) is 24.0. The van der Waals surface area contributed by atoms with E-state index in [4.69, 9.17) is 21.8 Å². The lowest BCUT2D eigenvalue weighted by Crippen LogP contribution is -2.12. The number of rotatable bonds is 5. The largest absolute Gasteiger partial charge is 0.378 e. The Morgan fingerprint density at radius 1 is 0.903 bits per heavy atom. The van der Waals surface area contributed by atoms with Gasteiger partial charge >= 0.3 is 0 Å². The molecular formula is C23H21ClN4O2S. The van der Waals surface area contributed by atoms with Crippen LogP contribution in [0.25, 0.3) is 28.2 Å². The van der Waals surface area contributed by atoms with Crippen LogP contribution in [-0.4, -0.2) is 32.3 Å². The Bertz CT molecular complexity index is 1330. The summed E-state index contributed by atoms with van der Waals surface area (Å²) in [6.45, 7) is 0. The molecule has 0 spiro atoms. The third-order valence-electron chi connectivity index (χ3n) is 4.92. The average Bonchev–Trinajstić information content (AvgIpc) is 3.19. The van der Waals surface area contributed by atoms with Gasteiger partial charge in [-0.05, 0) is 54.6 Å². The molecule has 0 aliphatic rings. The molecule has 158 valence electrons. The number of primary sulfonamides is 1. The van der Waals surface area contributed by atoms with Gasteiger partial charge in [-0.25, -0.2) is 18.2 Å². The molecule has 0 amide bonds. The second-order valence-electron chi connectivity index (χ2n) is 7.32. The molecule has 1 heterocycles. The number of sulfonamides is 1. The van der Waals surface area contributed by atoms with E-state index in [1.54, 1.807) is 16.8 Å². The van der Waals surface area contributed by atoms with Crippen molar-refractivity contribution in [3.05, 3.63) is 83.9 Å². The molecular weight excluding hydrogens is 432 g/mol. The molecule has 4 rings (SSSR count). The monoisotopic (exact) mass is 452 g/mol. The van der Waals surface area contributed by atoms with E-state index in [0.717, 1.165) is 33.9 Å². The Hall–Kier alpha value is -3.13. The lowest BCUT2D eigenvalue weighted by Gasteiger charge is -2.14. The molecule has 0 unspecified atom stereocenters. The van der Waals surface area contributed by atoms with Crippen LogP contribution in [0.3, 0.4) is 0 Å². The van der Waals surface area contributed by atoms with Gasteiger partial charge in [-0.15, -0.1) is 0 Å². The van der Waals surface area contributed by atoms with Crippen molar-refractivity contribution >= 4 is 27.3 Å². The Kier molecular flexibility index (Phi) is 5.58. The molecule has 4 aromatic rings. The molecule has 6 nitrogen and oxygen atoms in total. The second kappa shape index (κ2) is 8.19. The summed E-state index contributed by atoms with van der Waals surface area (Å²) in [6.07, 6.45) is 0. The van der Waals surface area contributed by atoms with Gasteiger partial charge in [0.2, 0.25) is 10.0 Å². The normalized spacial score (nSPS) is 11.5. The Labute approximate surface area is 186 Å². The van der Waals surface area contributed by atoms with Crippen LogP contribution in [0.1, 0.15) is 0 Å². The van der Waals surface area contributed by atoms with Gasteiger partial charge in [0, 0.05) is 35.9 Å². The van der Waals surface area contributed by atoms with Crippen molar-refractivity contribution in [3.8, 4) is 28.2 Å². The minimum absolute atomic E-state index is 0.0532. The van der Waals surface area contributed by atoms with Crippen LogP contribution >= 0.6 is 11.6 Å². The first-order chi connectivity index (χ1) is 14.7. The van der Waals surface area contributed by atoms with Crippen molar-refractivity contribution in [3.63, 3.8) is 0 Å². The first kappa shape index (κ1) is 21.1. The van der Waals surface area contributed by atoms with Crippen LogP contribution in [0.4, 0.5) is 5.69 Å². The molecule has 3 aromatic carbocycles. The molecule has 0 saturated carbocycles. The highest BCUT2D eigenvalue weighted by molar-refractivity contribution is 7.89. The van der Waals surface area contributed by atoms with Crippen molar-refractivity contribution in [1.82, 2.24) is 9.78 Å². The maximum absolute atomic E-state index is 11.6. The van der Waals surface area contributed by atoms with Gasteiger partial charge in [-0.2, -0.15) is 5.10 Å². The molecule has 0 fully saturated rings. The van der Waals surface area contributed by atoms with E-state index in [2.05, 4.69) is 6.07 Å². The maximum Gasteiger partial charge on any atom is 0.238 e. The average molecular weight is 453 g/mol. The number of nitrogens with zero attached hydrogens (tertiary/aromatic N) is 3. The Morgan fingerprint density at radius 3 is 2.19 bits per heavy atom. The summed E-state index contributed by atoms with van der Waals surface area (Å²) < 4.78 is 25.1. The van der Waals surface area contributed by atoms with Crippen molar-refractivity contribution in [2.24, 2.45) is 5.14 Å². The highest BCUT2D eigenvalue weighted by Crippen LogP contribution is 2.31. The first-order valence-corrected chi connectivity index (χ1v) is 11.4. The number of benzene rings is 3. The number of hydrogen-bond donors (Lipinski definition) is 1. The predicted octanol–water partition coefficient (Wildman–Crippen LogP) is 4.57. The molecule has 0 saturated heterocycles. The Balaban J connectivity index is 1.88. The van der Waals surface area contributed by atoms with Crippen LogP contribution in [0.5, 0.6) is 0 Å². The van der Waals surface area contributed by atoms with Gasteiger partial charge in [-0.1, -0.05) is 35.9 Å². The SMILES string of the molecule is CN(C)c1cccc(-c2cc(-c3ccc(Cl)cc3)nn2-c2ccc(S(N)(=O)=O)cc2)c1. The van der Waals surface area contributed by atoms with Crippen LogP contribution in [0, 0.1) is 0 Å². The molecule has 1 aromatic heterocycles. The van der Waals surface area contributed by atoms with E-state index in [9.17, 15) is 8.42 Å². The van der Waals surface area contributed by atoms with E-state index in [0.29, 0.717) is 5.02 Å². The molecule has 0 bridgehead atoms. The fourth-order valence-electron chi connectivity index (χ4n) is 3.27. The smallest absolute Gasteiger partial charge is 0.238 e. The van der Waals surface area contributed by atoms with Crippen molar-refractivity contribution in [2.45, 2.75) is 4.90 Å². The topological polar surface area (TPSA) is 81.2 Å². The quantitative estimate of drug-likeness (QED) is 0.480. The highest BCUT2D eigenvalue weighted by atomic mass is 35.5. The van der Waals surface area contributed by atoms with Crippen LogP contribution in [0.2, 0.25) is 5.02 Å². The molecule has 8 heteroatoms. The lowest BCUT2D eigenvalue weighted by atomic mass is 10.1. The van der Waals surface area contributed by atoms with Gasteiger partial charge in [0.15, 0.2) is 0 Å². The summed E-state index contributed by atoms with van der Waals surface area (Å²) >= 11 is 6.04. The van der Waals surface area contributed by atoms with Crippen molar-refractivity contribution in [2.75, 3.05) is 19.0 Å². The number of halogens is 1. The zero-order valence-electron chi connectivity index (χ0n) is 17.0. The van der Waals surface area contributed by atoms with E-state index in [1.807, 2.05) is 67.5 Å². The third-order valence-corrected chi connectivity index (χ3v) is 6.10. The Morgan fingerprint density at radius 2 is 1.58 bits per heavy atom. The maximum atomic E-state index is 11.6. The number of nitrogens with two attached hydrogens (primary N) is 1. The molecule has 0 atom stereocenters. The van der Waals surface area contributed by atoms with E-state index >= 15 is 0 Å². The molecule has 31 heavy (non-hydrogen) atoms. The summed E-state index contributed by atoms with van der Waals surface area (Å²) in [5.74, 6) is 0. The highest BCUT2D eigenvalue weighted by Gasteiger charge is 2.15. The van der Waals surface area contributed by atoms with Gasteiger partial charge < -0.3 is 4.90 Å². The third kappa shape index (κ3) is 4.49. The zero-order valence-corrected chi connectivity index (χ0v) is 18.6. The molecule has 2 N–H and O–H groups in total. The van der Waals surface area contributed by atoms with Crippen molar-refractivity contribution < 1.29 is 8.42 Å². The summed E-state index contributed by atoms with van der Waals surface area (Å²) in [5.41, 5.74) is 5.33. The number of hydrogen-bond acceptors (Lipinski definition) is 4. The minimum Gasteiger partial charge on any atom is -0.378 e. The van der Waals surface area contributed by atoms with Crippen LogP contribution in [0.15, 0.2) is 83.8 Å². The second-order valence-corrected chi connectivity index (χ2v) is 9.32. The fourth-order valence-corrected chi connectivity index (χ4v) is 3.91. The van der Waals surface area contributed by atoms with Crippen molar-refractivity contribution in [1.29, 1.82) is 0 Å². The summed E-state index contributed by atoms with van der Waals surface area (Å²) in [4.78, 5) is 2.09. The van der Waals surface area contributed by atoms with E-state index in [1.165, 1.54) is 12.1 Å². The number of anilines is 1. The molecule has 0 aliphatic carbocycles. The van der Waals surface area contributed by atoms with Crippen LogP contribution in [-0.2, 0) is 10.0 Å². The van der Waals surface area contributed by atoms with Crippen LogP contribution < -0.4 is 10.0 Å². The van der Waals surface area contributed by atoms with E-state index < -0.39 is 10.0 Å². The fraction of sp³-hybridized carbons (Fsp3) is 0.0870. The minimum atomic E-state index is -3.77. The predicted molar refractivity (Wildman–Crippen MR) is 125 cm³/mol. The molecule has 0 radical (unpaired) electrons. The molecule has 0 aliphatic heterocycles. The van der Waals surface area contributed by atoms with Gasteiger partial charge in [0.1, 0.15) is 0 Å².